The van der Waals surface area contributed by atoms with E-state index >= 15 is 0 Å². The summed E-state index contributed by atoms with van der Waals surface area (Å²) in [5, 5.41) is 28.7. The number of nitrogen functional groups attached to an aromatic ring is 1. The number of hydrogen-bond acceptors (Lipinski definition) is 8. The van der Waals surface area contributed by atoms with Crippen LogP contribution in [-0.4, -0.2) is 97.5 Å². The molecule has 2 aromatic rings. The first-order valence-electron chi connectivity index (χ1n) is 5.69. The summed E-state index contributed by atoms with van der Waals surface area (Å²) in [6.45, 7) is -0.390. The standard InChI is InChI=1S/C10H13N5O4.Ca/c11-8-5-9(13-2-12-8)15(3-14-5)10-7(18)6(17)4(1-16)19-10;/h2-4,6-7,10,16-18H,1H2,(H2,11,12,13);/t4-,6-,7-,10-;/m1./s1. The maximum absolute atomic E-state index is 9.95. The maximum Gasteiger partial charge on any atom is 0.167 e. The van der Waals surface area contributed by atoms with E-state index in [-0.39, 0.29) is 43.6 Å². The molecule has 3 heterocycles. The van der Waals surface area contributed by atoms with E-state index in [2.05, 4.69) is 15.0 Å². The van der Waals surface area contributed by atoms with Crippen LogP contribution in [0, 0.1) is 0 Å². The van der Waals surface area contributed by atoms with Crippen molar-refractivity contribution in [2.24, 2.45) is 0 Å². The first-order chi connectivity index (χ1) is 9.13. The molecule has 0 unspecified atom stereocenters. The molecule has 1 aliphatic rings. The average molecular weight is 307 g/mol. The zero-order chi connectivity index (χ0) is 13.6. The van der Waals surface area contributed by atoms with E-state index in [4.69, 9.17) is 15.6 Å². The Hall–Kier alpha value is -0.550. The van der Waals surface area contributed by atoms with Crippen LogP contribution in [0.2, 0.25) is 0 Å². The molecular formula is C10H13CaN5O4. The Morgan fingerprint density at radius 2 is 2.00 bits per heavy atom. The van der Waals surface area contributed by atoms with Gasteiger partial charge in [-0.3, -0.25) is 4.57 Å². The molecule has 0 saturated carbocycles. The molecule has 10 heteroatoms. The minimum atomic E-state index is -1.19. The van der Waals surface area contributed by atoms with Crippen molar-refractivity contribution in [1.82, 2.24) is 19.5 Å². The molecule has 1 aliphatic heterocycles. The van der Waals surface area contributed by atoms with Crippen molar-refractivity contribution in [3.05, 3.63) is 12.7 Å². The molecule has 2 radical (unpaired) electrons. The summed E-state index contributed by atoms with van der Waals surface area (Å²) in [4.78, 5) is 11.9. The van der Waals surface area contributed by atoms with Crippen LogP contribution in [0.15, 0.2) is 12.7 Å². The minimum Gasteiger partial charge on any atom is -0.394 e. The largest absolute Gasteiger partial charge is 0.394 e. The third-order valence-electron chi connectivity index (χ3n) is 3.18. The molecule has 4 atom stereocenters. The van der Waals surface area contributed by atoms with Crippen molar-refractivity contribution in [3.63, 3.8) is 0 Å². The number of rotatable bonds is 2. The van der Waals surface area contributed by atoms with Crippen molar-refractivity contribution in [1.29, 1.82) is 0 Å². The van der Waals surface area contributed by atoms with E-state index in [0.29, 0.717) is 11.2 Å². The number of aromatic nitrogens is 4. The van der Waals surface area contributed by atoms with E-state index in [1.807, 2.05) is 0 Å². The molecule has 20 heavy (non-hydrogen) atoms. The number of hydrogen-bond donors (Lipinski definition) is 4. The van der Waals surface area contributed by atoms with E-state index in [0.717, 1.165) is 0 Å². The van der Waals surface area contributed by atoms with Crippen LogP contribution in [0.25, 0.3) is 11.2 Å². The van der Waals surface area contributed by atoms with Gasteiger partial charge in [0.25, 0.3) is 0 Å². The fourth-order valence-corrected chi connectivity index (χ4v) is 2.17. The molecule has 0 amide bonds. The van der Waals surface area contributed by atoms with Crippen LogP contribution in [0.1, 0.15) is 6.23 Å². The number of nitrogens with zero attached hydrogens (tertiary/aromatic N) is 4. The molecule has 1 saturated heterocycles. The maximum atomic E-state index is 9.95. The second kappa shape index (κ2) is 6.06. The Morgan fingerprint density at radius 1 is 1.25 bits per heavy atom. The minimum absolute atomic E-state index is 0. The SMILES string of the molecule is Nc1ncnc2c1ncn2[C@@H]1O[C@H](CO)[C@@H](O)[C@H]1O.[Ca]. The van der Waals surface area contributed by atoms with Gasteiger partial charge in [0.05, 0.1) is 12.9 Å². The second-order valence-corrected chi connectivity index (χ2v) is 4.31. The summed E-state index contributed by atoms with van der Waals surface area (Å²) in [7, 11) is 0. The fourth-order valence-electron chi connectivity index (χ4n) is 2.17. The summed E-state index contributed by atoms with van der Waals surface area (Å²) >= 11 is 0. The molecule has 2 aromatic heterocycles. The zero-order valence-electron chi connectivity index (χ0n) is 10.5. The van der Waals surface area contributed by atoms with E-state index in [1.54, 1.807) is 0 Å². The smallest absolute Gasteiger partial charge is 0.167 e. The Kier molecular flexibility index (Phi) is 4.80. The number of ether oxygens (including phenoxy) is 1. The van der Waals surface area contributed by atoms with E-state index in [9.17, 15) is 10.2 Å². The topological polar surface area (TPSA) is 140 Å². The molecule has 0 aromatic carbocycles. The molecule has 5 N–H and O–H groups in total. The van der Waals surface area contributed by atoms with Crippen molar-refractivity contribution in [2.45, 2.75) is 24.5 Å². The number of aliphatic hydroxyl groups excluding tert-OH is 3. The third kappa shape index (κ3) is 2.39. The Bertz CT molecular complexity index is 608. The quantitative estimate of drug-likeness (QED) is 0.452. The molecule has 0 spiro atoms. The number of aliphatic hydroxyl groups is 3. The summed E-state index contributed by atoms with van der Waals surface area (Å²) < 4.78 is 6.85. The number of fused-ring (bicyclic) bond motifs is 1. The van der Waals surface area contributed by atoms with Crippen molar-refractivity contribution in [2.75, 3.05) is 12.3 Å². The van der Waals surface area contributed by atoms with Crippen molar-refractivity contribution in [3.8, 4) is 0 Å². The molecule has 3 rings (SSSR count). The summed E-state index contributed by atoms with van der Waals surface area (Å²) in [6.07, 6.45) is -1.42. The van der Waals surface area contributed by atoms with Crippen LogP contribution in [0.5, 0.6) is 0 Å². The van der Waals surface area contributed by atoms with Gasteiger partial charge in [-0.05, 0) is 0 Å². The normalized spacial score (nSPS) is 29.6. The van der Waals surface area contributed by atoms with Gasteiger partial charge in [-0.1, -0.05) is 0 Å². The molecule has 104 valence electrons. The number of anilines is 1. The predicted molar refractivity (Wildman–Crippen MR) is 68.5 cm³/mol. The van der Waals surface area contributed by atoms with Crippen molar-refractivity contribution < 1.29 is 20.1 Å². The van der Waals surface area contributed by atoms with E-state index in [1.165, 1.54) is 17.2 Å². The average Bonchev–Trinajstić information content (AvgIpc) is 2.94. The van der Waals surface area contributed by atoms with Gasteiger partial charge in [0.2, 0.25) is 0 Å². The Balaban J connectivity index is 0.00000147. The molecule has 9 nitrogen and oxygen atoms in total. The van der Waals surface area contributed by atoms with Crippen LogP contribution in [0.4, 0.5) is 5.82 Å². The predicted octanol–water partition coefficient (Wildman–Crippen LogP) is -2.36. The zero-order valence-corrected chi connectivity index (χ0v) is 12.7. The van der Waals surface area contributed by atoms with Crippen LogP contribution >= 0.6 is 0 Å². The third-order valence-corrected chi connectivity index (χ3v) is 3.18. The van der Waals surface area contributed by atoms with Gasteiger partial charge >= 0.3 is 0 Å². The number of imidazole rings is 1. The second-order valence-electron chi connectivity index (χ2n) is 4.31. The van der Waals surface area contributed by atoms with E-state index < -0.39 is 31.1 Å². The van der Waals surface area contributed by atoms with Crippen molar-refractivity contribution >= 4 is 54.7 Å². The van der Waals surface area contributed by atoms with Gasteiger partial charge < -0.3 is 25.8 Å². The van der Waals surface area contributed by atoms with Crippen LogP contribution < -0.4 is 5.73 Å². The first-order valence-corrected chi connectivity index (χ1v) is 5.69. The summed E-state index contributed by atoms with van der Waals surface area (Å²) in [6, 6.07) is 0. The summed E-state index contributed by atoms with van der Waals surface area (Å²) in [5.74, 6) is 0.218. The molecule has 0 aliphatic carbocycles. The first kappa shape index (κ1) is 15.8. The van der Waals surface area contributed by atoms with Crippen LogP contribution in [-0.2, 0) is 4.74 Å². The monoisotopic (exact) mass is 307 g/mol. The molecular weight excluding hydrogens is 294 g/mol. The fraction of sp³-hybridized carbons (Fsp3) is 0.500. The van der Waals surface area contributed by atoms with Crippen LogP contribution in [0.3, 0.4) is 0 Å². The van der Waals surface area contributed by atoms with Gasteiger partial charge in [0.15, 0.2) is 17.7 Å². The van der Waals surface area contributed by atoms with Gasteiger partial charge in [-0.15, -0.1) is 0 Å². The number of nitrogens with two attached hydrogens (primary N) is 1. The van der Waals surface area contributed by atoms with Gasteiger partial charge in [0.1, 0.15) is 30.2 Å². The Labute approximate surface area is 143 Å². The Morgan fingerprint density at radius 3 is 2.65 bits per heavy atom. The van der Waals surface area contributed by atoms with Gasteiger partial charge in [-0.25, -0.2) is 15.0 Å². The van der Waals surface area contributed by atoms with Gasteiger partial charge in [-0.2, -0.15) is 0 Å². The van der Waals surface area contributed by atoms with Gasteiger partial charge in [0, 0.05) is 37.7 Å². The molecule has 0 bridgehead atoms. The molecule has 1 fully saturated rings. The summed E-state index contributed by atoms with van der Waals surface area (Å²) in [5.41, 5.74) is 6.44.